The highest BCUT2D eigenvalue weighted by Crippen LogP contribution is 2.22. The van der Waals surface area contributed by atoms with Crippen LogP contribution in [-0.2, 0) is 14.3 Å². The van der Waals surface area contributed by atoms with Crippen molar-refractivity contribution in [2.24, 2.45) is 0 Å². The minimum absolute atomic E-state index is 0.0144. The lowest BCUT2D eigenvalue weighted by molar-refractivity contribution is -0.131. The highest BCUT2D eigenvalue weighted by molar-refractivity contribution is 7.12. The van der Waals surface area contributed by atoms with E-state index >= 15 is 0 Å². The molecule has 2 saturated heterocycles. The lowest BCUT2D eigenvalue weighted by Crippen LogP contribution is -2.55. The van der Waals surface area contributed by atoms with E-state index in [9.17, 15) is 14.4 Å². The molecule has 1 aromatic heterocycles. The van der Waals surface area contributed by atoms with Gasteiger partial charge in [-0.15, -0.1) is 11.3 Å². The number of hydrogen-bond donors (Lipinski definition) is 1. The fourth-order valence-corrected chi connectivity index (χ4v) is 3.35. The third-order valence-corrected chi connectivity index (χ3v) is 4.59. The van der Waals surface area contributed by atoms with Crippen molar-refractivity contribution in [3.8, 4) is 0 Å². The highest BCUT2D eigenvalue weighted by atomic mass is 32.1. The number of aryl methyl sites for hydroxylation is 1. The van der Waals surface area contributed by atoms with E-state index in [-0.39, 0.29) is 18.2 Å². The van der Waals surface area contributed by atoms with Crippen LogP contribution >= 0.6 is 11.3 Å². The van der Waals surface area contributed by atoms with Gasteiger partial charge in [-0.25, -0.2) is 4.79 Å². The number of rotatable bonds is 3. The Labute approximate surface area is 131 Å². The fourth-order valence-electron chi connectivity index (χ4n) is 2.53. The number of ether oxygens (including phenoxy) is 1. The molecule has 1 atom stereocenters. The number of nitrogens with zero attached hydrogens (tertiary/aromatic N) is 1. The van der Waals surface area contributed by atoms with Gasteiger partial charge in [-0.1, -0.05) is 0 Å². The number of nitrogens with one attached hydrogen (secondary N) is 1. The molecular weight excluding hydrogens is 304 g/mol. The second kappa shape index (κ2) is 6.02. The van der Waals surface area contributed by atoms with Gasteiger partial charge in [0.15, 0.2) is 0 Å². The number of urea groups is 1. The molecule has 0 spiro atoms. The smallest absolute Gasteiger partial charge is 0.331 e. The maximum atomic E-state index is 12.5. The minimum atomic E-state index is -0.676. The Balaban J connectivity index is 1.83. The van der Waals surface area contributed by atoms with E-state index in [1.165, 1.54) is 17.4 Å². The van der Waals surface area contributed by atoms with E-state index in [0.717, 1.165) is 27.5 Å². The van der Waals surface area contributed by atoms with Gasteiger partial charge in [0.25, 0.3) is 11.8 Å². The van der Waals surface area contributed by atoms with Crippen LogP contribution < -0.4 is 5.32 Å². The normalized spacial score (nSPS) is 24.2. The van der Waals surface area contributed by atoms with Crippen LogP contribution in [0.15, 0.2) is 17.7 Å². The number of thiophene rings is 1. The summed E-state index contributed by atoms with van der Waals surface area (Å²) in [7, 11) is 0. The Morgan fingerprint density at radius 2 is 2.23 bits per heavy atom. The first-order valence-corrected chi connectivity index (χ1v) is 7.93. The topological polar surface area (TPSA) is 75.7 Å². The number of amides is 4. The number of imide groups is 2. The first-order chi connectivity index (χ1) is 10.5. The van der Waals surface area contributed by atoms with Crippen LogP contribution in [0.25, 0.3) is 6.08 Å². The molecule has 1 N–H and O–H groups in total. The predicted octanol–water partition coefficient (Wildman–Crippen LogP) is 1.70. The SMILES string of the molecule is Cc1ccc(/C=C2\C(=O)NC(=O)N(C[C@H]3CCCO3)C2=O)s1. The summed E-state index contributed by atoms with van der Waals surface area (Å²) in [5, 5.41) is 2.22. The molecule has 3 heterocycles. The molecule has 2 fully saturated rings. The first kappa shape index (κ1) is 14.9. The molecule has 3 rings (SSSR count). The summed E-state index contributed by atoms with van der Waals surface area (Å²) in [5.41, 5.74) is -0.0144. The summed E-state index contributed by atoms with van der Waals surface area (Å²) >= 11 is 1.48. The van der Waals surface area contributed by atoms with Crippen LogP contribution in [0.2, 0.25) is 0 Å². The molecule has 1 aromatic rings. The molecule has 22 heavy (non-hydrogen) atoms. The van der Waals surface area contributed by atoms with Gasteiger partial charge in [-0.2, -0.15) is 0 Å². The zero-order valence-corrected chi connectivity index (χ0v) is 12.9. The van der Waals surface area contributed by atoms with Gasteiger partial charge in [-0.3, -0.25) is 19.8 Å². The molecule has 6 nitrogen and oxygen atoms in total. The molecule has 2 aliphatic rings. The standard InChI is InChI=1S/C15H16N2O4S/c1-9-4-5-11(22-9)7-12-13(18)16-15(20)17(14(12)19)8-10-3-2-6-21-10/h4-5,7,10H,2-3,6,8H2,1H3,(H,16,18,20)/b12-7+/t10-/m1/s1. The summed E-state index contributed by atoms with van der Waals surface area (Å²) in [4.78, 5) is 39.3. The van der Waals surface area contributed by atoms with Crippen molar-refractivity contribution in [2.45, 2.75) is 25.9 Å². The number of hydrogen-bond acceptors (Lipinski definition) is 5. The van der Waals surface area contributed by atoms with E-state index in [1.54, 1.807) is 0 Å². The van der Waals surface area contributed by atoms with Gasteiger partial charge in [0.05, 0.1) is 12.6 Å². The second-order valence-corrected chi connectivity index (χ2v) is 6.64. The maximum Gasteiger partial charge on any atom is 0.331 e. The fraction of sp³-hybridized carbons (Fsp3) is 0.400. The molecular formula is C15H16N2O4S. The molecule has 2 aliphatic heterocycles. The highest BCUT2D eigenvalue weighted by Gasteiger charge is 2.37. The van der Waals surface area contributed by atoms with E-state index in [1.807, 2.05) is 19.1 Å². The molecule has 7 heteroatoms. The summed E-state index contributed by atoms with van der Waals surface area (Å²) in [5.74, 6) is -1.21. The van der Waals surface area contributed by atoms with Gasteiger partial charge in [0.1, 0.15) is 5.57 Å². The average Bonchev–Trinajstić information content (AvgIpc) is 3.11. The Hall–Kier alpha value is -1.99. The van der Waals surface area contributed by atoms with Gasteiger partial charge in [-0.05, 0) is 38.0 Å². The van der Waals surface area contributed by atoms with Gasteiger partial charge in [0, 0.05) is 16.4 Å². The van der Waals surface area contributed by atoms with Crippen LogP contribution in [0.1, 0.15) is 22.6 Å². The first-order valence-electron chi connectivity index (χ1n) is 7.11. The Morgan fingerprint density at radius 3 is 2.86 bits per heavy atom. The van der Waals surface area contributed by atoms with Crippen molar-refractivity contribution in [1.82, 2.24) is 10.2 Å². The lowest BCUT2D eigenvalue weighted by atomic mass is 10.1. The molecule has 0 bridgehead atoms. The summed E-state index contributed by atoms with van der Waals surface area (Å²) in [6.07, 6.45) is 3.12. The zero-order chi connectivity index (χ0) is 15.7. The third-order valence-electron chi connectivity index (χ3n) is 3.64. The third kappa shape index (κ3) is 2.95. The van der Waals surface area contributed by atoms with E-state index in [0.29, 0.717) is 6.61 Å². The molecule has 116 valence electrons. The quantitative estimate of drug-likeness (QED) is 0.679. The zero-order valence-electron chi connectivity index (χ0n) is 12.1. The van der Waals surface area contributed by atoms with Crippen LogP contribution in [-0.4, -0.2) is 42.0 Å². The number of carbonyl (C=O) groups excluding carboxylic acids is 3. The lowest BCUT2D eigenvalue weighted by Gasteiger charge is -2.28. The largest absolute Gasteiger partial charge is 0.376 e. The van der Waals surface area contributed by atoms with Crippen molar-refractivity contribution in [2.75, 3.05) is 13.2 Å². The Morgan fingerprint density at radius 1 is 1.41 bits per heavy atom. The monoisotopic (exact) mass is 320 g/mol. The molecule has 4 amide bonds. The Bertz CT molecular complexity index is 658. The summed E-state index contributed by atoms with van der Waals surface area (Å²) < 4.78 is 5.46. The van der Waals surface area contributed by atoms with Gasteiger partial charge < -0.3 is 4.74 Å². The van der Waals surface area contributed by atoms with Crippen LogP contribution in [0.5, 0.6) is 0 Å². The molecule has 0 saturated carbocycles. The summed E-state index contributed by atoms with van der Waals surface area (Å²) in [6.45, 7) is 2.77. The molecule has 0 radical (unpaired) electrons. The van der Waals surface area contributed by atoms with E-state index in [4.69, 9.17) is 4.74 Å². The second-order valence-electron chi connectivity index (χ2n) is 5.32. The van der Waals surface area contributed by atoms with Gasteiger partial charge >= 0.3 is 6.03 Å². The molecule has 0 unspecified atom stereocenters. The van der Waals surface area contributed by atoms with Crippen molar-refractivity contribution in [1.29, 1.82) is 0 Å². The van der Waals surface area contributed by atoms with Crippen LogP contribution in [0, 0.1) is 6.92 Å². The summed E-state index contributed by atoms with van der Waals surface area (Å²) in [6, 6.07) is 3.08. The van der Waals surface area contributed by atoms with E-state index in [2.05, 4.69) is 5.32 Å². The average molecular weight is 320 g/mol. The van der Waals surface area contributed by atoms with Crippen molar-refractivity contribution in [3.05, 3.63) is 27.5 Å². The molecule has 0 aromatic carbocycles. The van der Waals surface area contributed by atoms with Gasteiger partial charge in [0.2, 0.25) is 0 Å². The Kier molecular flexibility index (Phi) is 4.08. The van der Waals surface area contributed by atoms with Crippen molar-refractivity contribution < 1.29 is 19.1 Å². The van der Waals surface area contributed by atoms with E-state index < -0.39 is 17.8 Å². The van der Waals surface area contributed by atoms with Crippen molar-refractivity contribution >= 4 is 35.3 Å². The van der Waals surface area contributed by atoms with Crippen LogP contribution in [0.3, 0.4) is 0 Å². The maximum absolute atomic E-state index is 12.5. The molecule has 0 aliphatic carbocycles. The number of carbonyl (C=O) groups is 3. The predicted molar refractivity (Wildman–Crippen MR) is 81.3 cm³/mol. The van der Waals surface area contributed by atoms with Crippen LogP contribution in [0.4, 0.5) is 4.79 Å². The van der Waals surface area contributed by atoms with Crippen molar-refractivity contribution in [3.63, 3.8) is 0 Å². The minimum Gasteiger partial charge on any atom is -0.376 e. The number of barbiturate groups is 1.